The van der Waals surface area contributed by atoms with E-state index in [1.54, 1.807) is 18.2 Å². The van der Waals surface area contributed by atoms with Gasteiger partial charge in [-0.05, 0) is 24.3 Å². The molecule has 0 aliphatic carbocycles. The van der Waals surface area contributed by atoms with Gasteiger partial charge in [0.1, 0.15) is 35.4 Å². The Kier molecular flexibility index (Phi) is 6.62. The van der Waals surface area contributed by atoms with Crippen LogP contribution in [0.25, 0.3) is 16.7 Å². The first kappa shape index (κ1) is 24.1. The van der Waals surface area contributed by atoms with Gasteiger partial charge in [0.15, 0.2) is 11.8 Å². The molecule has 1 aliphatic heterocycles. The zero-order valence-corrected chi connectivity index (χ0v) is 19.9. The number of para-hydroxylation sites is 1. The van der Waals surface area contributed by atoms with Crippen LogP contribution in [0.3, 0.4) is 0 Å². The van der Waals surface area contributed by atoms with Gasteiger partial charge >= 0.3 is 0 Å². The number of likely N-dealkylation sites (tertiary alicyclic amines) is 1. The van der Waals surface area contributed by atoms with Gasteiger partial charge in [-0.15, -0.1) is 0 Å². The SMILES string of the molecule is N#Cc1ccc(NC(=O)[C@H](CN2CC(O)C2)Oc2ncnc3c2cnn3-c2c(Cl)cccc2C#N)nc1. The molecule has 37 heavy (non-hydrogen) atoms. The fourth-order valence-electron chi connectivity index (χ4n) is 3.88. The van der Waals surface area contributed by atoms with Gasteiger partial charge in [-0.3, -0.25) is 9.69 Å². The molecule has 0 bridgehead atoms. The quantitative estimate of drug-likeness (QED) is 0.369. The van der Waals surface area contributed by atoms with Crippen LogP contribution in [-0.2, 0) is 4.79 Å². The van der Waals surface area contributed by atoms with Crippen LogP contribution < -0.4 is 10.1 Å². The third-order valence-corrected chi connectivity index (χ3v) is 6.01. The van der Waals surface area contributed by atoms with E-state index in [-0.39, 0.29) is 18.2 Å². The van der Waals surface area contributed by atoms with E-state index in [0.717, 1.165) is 0 Å². The Morgan fingerprint density at radius 2 is 2.03 bits per heavy atom. The number of hydrogen-bond acceptors (Lipinski definition) is 10. The van der Waals surface area contributed by atoms with E-state index in [2.05, 4.69) is 31.4 Å². The molecule has 4 heterocycles. The number of rotatable bonds is 7. The zero-order chi connectivity index (χ0) is 25.9. The van der Waals surface area contributed by atoms with Crippen molar-refractivity contribution >= 4 is 34.4 Å². The lowest BCUT2D eigenvalue weighted by Crippen LogP contribution is -2.55. The highest BCUT2D eigenvalue weighted by Crippen LogP contribution is 2.29. The van der Waals surface area contributed by atoms with Gasteiger partial charge in [-0.2, -0.15) is 15.6 Å². The van der Waals surface area contributed by atoms with Crippen molar-refractivity contribution < 1.29 is 14.6 Å². The van der Waals surface area contributed by atoms with Crippen LogP contribution in [0.15, 0.2) is 49.1 Å². The summed E-state index contributed by atoms with van der Waals surface area (Å²) in [6.45, 7) is 0.994. The maximum absolute atomic E-state index is 13.2. The Morgan fingerprint density at radius 3 is 2.73 bits per heavy atom. The second kappa shape index (κ2) is 10.2. The molecule has 1 saturated heterocycles. The summed E-state index contributed by atoms with van der Waals surface area (Å²) < 4.78 is 7.49. The summed E-state index contributed by atoms with van der Waals surface area (Å²) in [5.41, 5.74) is 1.37. The number of anilines is 1. The largest absolute Gasteiger partial charge is 0.462 e. The Balaban J connectivity index is 1.45. The second-order valence-electron chi connectivity index (χ2n) is 8.23. The van der Waals surface area contributed by atoms with Crippen LogP contribution in [0.4, 0.5) is 5.82 Å². The normalized spacial score (nSPS) is 14.4. The van der Waals surface area contributed by atoms with Gasteiger partial charge in [-0.1, -0.05) is 17.7 Å². The number of benzene rings is 1. The lowest BCUT2D eigenvalue weighted by atomic mass is 10.1. The fraction of sp³-hybridized carbons (Fsp3) is 0.208. The van der Waals surface area contributed by atoms with E-state index in [0.29, 0.717) is 46.0 Å². The van der Waals surface area contributed by atoms with Crippen LogP contribution >= 0.6 is 11.6 Å². The molecule has 4 aromatic rings. The van der Waals surface area contributed by atoms with Crippen molar-refractivity contribution in [2.24, 2.45) is 0 Å². The smallest absolute Gasteiger partial charge is 0.268 e. The van der Waals surface area contributed by atoms with E-state index in [1.165, 1.54) is 35.5 Å². The van der Waals surface area contributed by atoms with E-state index < -0.39 is 18.1 Å². The van der Waals surface area contributed by atoms with Crippen LogP contribution in [0.5, 0.6) is 5.88 Å². The van der Waals surface area contributed by atoms with Gasteiger partial charge in [0.05, 0.1) is 28.5 Å². The van der Waals surface area contributed by atoms with Crippen molar-refractivity contribution in [3.8, 4) is 23.7 Å². The number of amides is 1. The number of carbonyl (C=O) groups is 1. The van der Waals surface area contributed by atoms with Crippen molar-refractivity contribution in [3.63, 3.8) is 0 Å². The van der Waals surface area contributed by atoms with Crippen molar-refractivity contribution in [1.29, 1.82) is 10.5 Å². The minimum absolute atomic E-state index is 0.107. The summed E-state index contributed by atoms with van der Waals surface area (Å²) in [5, 5.41) is 35.9. The monoisotopic (exact) mass is 515 g/mol. The zero-order valence-electron chi connectivity index (χ0n) is 19.1. The average Bonchev–Trinajstić information content (AvgIpc) is 3.32. The molecule has 3 aromatic heterocycles. The van der Waals surface area contributed by atoms with E-state index in [9.17, 15) is 15.2 Å². The first-order chi connectivity index (χ1) is 18.0. The summed E-state index contributed by atoms with van der Waals surface area (Å²) in [6, 6.07) is 12.0. The van der Waals surface area contributed by atoms with E-state index in [4.69, 9.17) is 21.6 Å². The van der Waals surface area contributed by atoms with Crippen molar-refractivity contribution in [2.45, 2.75) is 12.2 Å². The summed E-state index contributed by atoms with van der Waals surface area (Å²) >= 11 is 6.36. The molecule has 1 atom stereocenters. The number of nitrogens with zero attached hydrogens (tertiary/aromatic N) is 8. The first-order valence-electron chi connectivity index (χ1n) is 11.1. The Hall–Kier alpha value is -4.62. The Morgan fingerprint density at radius 1 is 1.19 bits per heavy atom. The highest BCUT2D eigenvalue weighted by atomic mass is 35.5. The van der Waals surface area contributed by atoms with Crippen LogP contribution in [0.2, 0.25) is 5.02 Å². The predicted molar refractivity (Wildman–Crippen MR) is 131 cm³/mol. The number of β-amino-alcohol motifs (C(OH)–C–C–N with tert-alkyl or cyclic N) is 1. The highest BCUT2D eigenvalue weighted by molar-refractivity contribution is 6.32. The number of pyridine rings is 1. The molecule has 1 amide bonds. The predicted octanol–water partition coefficient (Wildman–Crippen LogP) is 1.67. The topological polar surface area (TPSA) is 166 Å². The number of halogens is 1. The van der Waals surface area contributed by atoms with Crippen molar-refractivity contribution in [3.05, 3.63) is 65.2 Å². The number of nitrogens with one attached hydrogen (secondary N) is 1. The summed E-state index contributed by atoms with van der Waals surface area (Å²) in [5.74, 6) is -0.129. The molecule has 2 N–H and O–H groups in total. The van der Waals surface area contributed by atoms with E-state index in [1.807, 2.05) is 11.0 Å². The number of aliphatic hydroxyl groups excluding tert-OH is 1. The molecule has 0 unspecified atom stereocenters. The number of carbonyl (C=O) groups excluding carboxylic acids is 1. The maximum Gasteiger partial charge on any atom is 0.268 e. The van der Waals surface area contributed by atoms with Gasteiger partial charge in [-0.25, -0.2) is 19.6 Å². The number of aliphatic hydroxyl groups is 1. The minimum atomic E-state index is -1.03. The standard InChI is InChI=1S/C24H18ClN9O3/c25-18-3-1-2-15(7-27)21(18)34-22-17(9-31-34)24(30-13-29-22)37-19(12-33-10-16(35)11-33)23(36)32-20-5-4-14(6-26)8-28-20/h1-5,8-9,13,16,19,35H,10-12H2,(H,28,32,36)/t19-/m0/s1. The lowest BCUT2D eigenvalue weighted by Gasteiger charge is -2.37. The van der Waals surface area contributed by atoms with Crippen molar-refractivity contribution in [2.75, 3.05) is 25.0 Å². The number of aromatic nitrogens is 5. The fourth-order valence-corrected chi connectivity index (χ4v) is 4.13. The van der Waals surface area contributed by atoms with Crippen LogP contribution in [0, 0.1) is 22.7 Å². The Bertz CT molecular complexity index is 1550. The first-order valence-corrected chi connectivity index (χ1v) is 11.5. The summed E-state index contributed by atoms with van der Waals surface area (Å²) in [7, 11) is 0. The molecule has 12 nitrogen and oxygen atoms in total. The molecular formula is C24H18ClN9O3. The maximum atomic E-state index is 13.2. The van der Waals surface area contributed by atoms with Gasteiger partial charge in [0, 0.05) is 25.8 Å². The molecule has 13 heteroatoms. The molecule has 0 saturated carbocycles. The molecular weight excluding hydrogens is 498 g/mol. The molecule has 0 spiro atoms. The highest BCUT2D eigenvalue weighted by Gasteiger charge is 2.32. The third kappa shape index (κ3) is 4.90. The lowest BCUT2D eigenvalue weighted by molar-refractivity contribution is -0.125. The second-order valence-corrected chi connectivity index (χ2v) is 8.64. The van der Waals surface area contributed by atoms with Gasteiger partial charge in [0.25, 0.3) is 5.91 Å². The third-order valence-electron chi connectivity index (χ3n) is 5.70. The number of nitriles is 2. The Labute approximate surface area is 215 Å². The van der Waals surface area contributed by atoms with Gasteiger partial charge < -0.3 is 15.2 Å². The minimum Gasteiger partial charge on any atom is -0.462 e. The molecule has 1 fully saturated rings. The molecule has 0 radical (unpaired) electrons. The molecule has 5 rings (SSSR count). The van der Waals surface area contributed by atoms with Gasteiger partial charge in [0.2, 0.25) is 5.88 Å². The van der Waals surface area contributed by atoms with Crippen molar-refractivity contribution in [1.82, 2.24) is 29.6 Å². The summed E-state index contributed by atoms with van der Waals surface area (Å²) in [4.78, 5) is 27.6. The van der Waals surface area contributed by atoms with Crippen LogP contribution in [0.1, 0.15) is 11.1 Å². The number of hydrogen-bond donors (Lipinski definition) is 2. The number of fused-ring (bicyclic) bond motifs is 1. The van der Waals surface area contributed by atoms with E-state index >= 15 is 0 Å². The molecule has 1 aliphatic rings. The molecule has 1 aromatic carbocycles. The van der Waals surface area contributed by atoms with Crippen LogP contribution in [-0.4, -0.2) is 72.5 Å². The molecule has 184 valence electrons. The average molecular weight is 516 g/mol. The number of ether oxygens (including phenoxy) is 1. The summed E-state index contributed by atoms with van der Waals surface area (Å²) in [6.07, 6.45) is 2.60.